The van der Waals surface area contributed by atoms with E-state index in [2.05, 4.69) is 6.58 Å². The number of hydrogen-bond donors (Lipinski definition) is 1. The quantitative estimate of drug-likeness (QED) is 0.662. The van der Waals surface area contributed by atoms with Crippen LogP contribution in [0, 0.1) is 5.41 Å². The van der Waals surface area contributed by atoms with Crippen molar-refractivity contribution in [1.82, 2.24) is 4.90 Å². The molecule has 0 bridgehead atoms. The van der Waals surface area contributed by atoms with Gasteiger partial charge in [0.05, 0.1) is 12.3 Å². The number of ether oxygens (including phenoxy) is 1. The highest BCUT2D eigenvalue weighted by atomic mass is 32.1. The summed E-state index contributed by atoms with van der Waals surface area (Å²) < 4.78 is 5.32. The molecule has 0 aromatic carbocycles. The highest BCUT2D eigenvalue weighted by Gasteiger charge is 2.22. The maximum Gasteiger partial charge on any atom is 0.410 e. The Morgan fingerprint density at radius 3 is 2.74 bits per heavy atom. The van der Waals surface area contributed by atoms with E-state index in [-0.39, 0.29) is 6.54 Å². The Kier molecular flexibility index (Phi) is 5.30. The van der Waals surface area contributed by atoms with Gasteiger partial charge in [-0.25, -0.2) is 4.79 Å². The lowest BCUT2D eigenvalue weighted by Gasteiger charge is -2.26. The van der Waals surface area contributed by atoms with Crippen molar-refractivity contribution in [2.75, 3.05) is 13.1 Å². The van der Waals surface area contributed by atoms with Gasteiger partial charge in [0, 0.05) is 11.4 Å². The number of thiophene rings is 1. The van der Waals surface area contributed by atoms with Gasteiger partial charge in [-0.2, -0.15) is 0 Å². The lowest BCUT2D eigenvalue weighted by atomic mass is 10.2. The average molecular weight is 280 g/mol. The minimum Gasteiger partial charge on any atom is -0.444 e. The van der Waals surface area contributed by atoms with Gasteiger partial charge in [-0.15, -0.1) is 17.9 Å². The molecule has 0 aliphatic heterocycles. The molecule has 0 saturated heterocycles. The number of nitrogens with zero attached hydrogens (tertiary/aromatic N) is 1. The number of amides is 1. The molecule has 0 aliphatic rings. The Morgan fingerprint density at radius 2 is 2.26 bits per heavy atom. The molecule has 1 N–H and O–H groups in total. The molecule has 104 valence electrons. The maximum absolute atomic E-state index is 12.0. The molecule has 4 nitrogen and oxygen atoms in total. The van der Waals surface area contributed by atoms with Gasteiger partial charge in [0.15, 0.2) is 0 Å². The average Bonchev–Trinajstić information content (AvgIpc) is 2.79. The first-order chi connectivity index (χ1) is 8.83. The lowest BCUT2D eigenvalue weighted by Crippen LogP contribution is -2.39. The first-order valence-corrected chi connectivity index (χ1v) is 6.91. The van der Waals surface area contributed by atoms with Crippen LogP contribution in [-0.4, -0.2) is 35.4 Å². The van der Waals surface area contributed by atoms with Crippen molar-refractivity contribution in [3.05, 3.63) is 35.0 Å². The normalized spacial score (nSPS) is 10.9. The van der Waals surface area contributed by atoms with E-state index in [1.165, 1.54) is 16.2 Å². The van der Waals surface area contributed by atoms with E-state index in [1.54, 1.807) is 6.08 Å². The Hall–Kier alpha value is -1.62. The predicted molar refractivity (Wildman–Crippen MR) is 79.2 cm³/mol. The standard InChI is InChI=1S/C14H20N2O2S/c1-5-8-16(13(17)18-14(2,3)4)10-11(15)12-7-6-9-19-12/h5-7,9,15H,1,8,10H2,2-4H3. The highest BCUT2D eigenvalue weighted by Crippen LogP contribution is 2.13. The minimum absolute atomic E-state index is 0.224. The highest BCUT2D eigenvalue weighted by molar-refractivity contribution is 7.12. The monoisotopic (exact) mass is 280 g/mol. The molecule has 1 rings (SSSR count). The van der Waals surface area contributed by atoms with E-state index in [1.807, 2.05) is 38.3 Å². The molecule has 19 heavy (non-hydrogen) atoms. The van der Waals surface area contributed by atoms with Crippen LogP contribution < -0.4 is 0 Å². The number of carbonyl (C=O) groups is 1. The molecule has 0 fully saturated rings. The SMILES string of the molecule is C=CCN(CC(=N)c1cccs1)C(=O)OC(C)(C)C. The van der Waals surface area contributed by atoms with Crippen molar-refractivity contribution in [2.45, 2.75) is 26.4 Å². The van der Waals surface area contributed by atoms with Crippen LogP contribution in [0.1, 0.15) is 25.6 Å². The number of rotatable bonds is 5. The van der Waals surface area contributed by atoms with Crippen LogP contribution in [0.15, 0.2) is 30.2 Å². The third-order valence-corrected chi connectivity index (χ3v) is 3.10. The topological polar surface area (TPSA) is 53.4 Å². The molecular weight excluding hydrogens is 260 g/mol. The summed E-state index contributed by atoms with van der Waals surface area (Å²) in [5, 5.41) is 9.92. The Balaban J connectivity index is 2.70. The van der Waals surface area contributed by atoms with Gasteiger partial charge < -0.3 is 10.1 Å². The van der Waals surface area contributed by atoms with Crippen LogP contribution >= 0.6 is 11.3 Å². The Bertz CT molecular complexity index is 447. The minimum atomic E-state index is -0.540. The largest absolute Gasteiger partial charge is 0.444 e. The van der Waals surface area contributed by atoms with Gasteiger partial charge in [0.1, 0.15) is 5.60 Å². The van der Waals surface area contributed by atoms with Gasteiger partial charge in [-0.3, -0.25) is 4.90 Å². The van der Waals surface area contributed by atoms with Crippen molar-refractivity contribution in [3.63, 3.8) is 0 Å². The molecular formula is C14H20N2O2S. The summed E-state index contributed by atoms with van der Waals surface area (Å²) >= 11 is 1.49. The van der Waals surface area contributed by atoms with Crippen LogP contribution in [0.25, 0.3) is 0 Å². The van der Waals surface area contributed by atoms with Crippen molar-refractivity contribution in [2.24, 2.45) is 0 Å². The summed E-state index contributed by atoms with van der Waals surface area (Å²) in [6.45, 7) is 9.68. The fourth-order valence-electron chi connectivity index (χ4n) is 1.41. The third-order valence-electron chi connectivity index (χ3n) is 2.17. The lowest BCUT2D eigenvalue weighted by molar-refractivity contribution is 0.0299. The van der Waals surface area contributed by atoms with E-state index < -0.39 is 11.7 Å². The van der Waals surface area contributed by atoms with Gasteiger partial charge in [0.2, 0.25) is 0 Å². The summed E-state index contributed by atoms with van der Waals surface area (Å²) in [6, 6.07) is 3.76. The fourth-order valence-corrected chi connectivity index (χ4v) is 2.07. The van der Waals surface area contributed by atoms with E-state index in [9.17, 15) is 4.79 Å². The van der Waals surface area contributed by atoms with Crippen LogP contribution in [-0.2, 0) is 4.74 Å². The molecule has 0 spiro atoms. The molecule has 0 unspecified atom stereocenters. The zero-order valence-electron chi connectivity index (χ0n) is 11.6. The van der Waals surface area contributed by atoms with E-state index >= 15 is 0 Å². The summed E-state index contributed by atoms with van der Waals surface area (Å²) in [6.07, 6.45) is 1.21. The first kappa shape index (κ1) is 15.4. The van der Waals surface area contributed by atoms with Crippen molar-refractivity contribution < 1.29 is 9.53 Å². The van der Waals surface area contributed by atoms with Crippen LogP contribution in [0.3, 0.4) is 0 Å². The van der Waals surface area contributed by atoms with Crippen LogP contribution in [0.4, 0.5) is 4.79 Å². The van der Waals surface area contributed by atoms with Gasteiger partial charge >= 0.3 is 6.09 Å². The molecule has 1 aromatic heterocycles. The number of nitrogens with one attached hydrogen (secondary N) is 1. The van der Waals surface area contributed by atoms with Crippen LogP contribution in [0.2, 0.25) is 0 Å². The summed E-state index contributed by atoms with van der Waals surface area (Å²) in [4.78, 5) is 14.3. The molecule has 1 heterocycles. The zero-order chi connectivity index (χ0) is 14.5. The summed E-state index contributed by atoms with van der Waals surface area (Å²) in [7, 11) is 0. The predicted octanol–water partition coefficient (Wildman–Crippen LogP) is 3.54. The molecule has 1 aromatic rings. The Morgan fingerprint density at radius 1 is 1.58 bits per heavy atom. The molecule has 0 radical (unpaired) electrons. The summed E-state index contributed by atoms with van der Waals surface area (Å²) in [5.41, 5.74) is -0.135. The van der Waals surface area contributed by atoms with E-state index in [0.29, 0.717) is 12.3 Å². The van der Waals surface area contributed by atoms with Gasteiger partial charge in [-0.1, -0.05) is 12.1 Å². The van der Waals surface area contributed by atoms with E-state index in [4.69, 9.17) is 10.1 Å². The van der Waals surface area contributed by atoms with Crippen molar-refractivity contribution >= 4 is 23.1 Å². The van der Waals surface area contributed by atoms with Gasteiger partial charge in [-0.05, 0) is 32.2 Å². The first-order valence-electron chi connectivity index (χ1n) is 6.03. The summed E-state index contributed by atoms with van der Waals surface area (Å²) in [5.74, 6) is 0. The molecule has 0 saturated carbocycles. The second-order valence-corrected chi connectivity index (χ2v) is 6.05. The number of carbonyl (C=O) groups excluding carboxylic acids is 1. The number of hydrogen-bond acceptors (Lipinski definition) is 4. The maximum atomic E-state index is 12.0. The molecule has 5 heteroatoms. The van der Waals surface area contributed by atoms with Crippen LogP contribution in [0.5, 0.6) is 0 Å². The third kappa shape index (κ3) is 5.26. The molecule has 0 aliphatic carbocycles. The second-order valence-electron chi connectivity index (χ2n) is 5.11. The molecule has 0 atom stereocenters. The van der Waals surface area contributed by atoms with Gasteiger partial charge in [0.25, 0.3) is 0 Å². The second kappa shape index (κ2) is 6.52. The smallest absolute Gasteiger partial charge is 0.410 e. The Labute approximate surface area is 118 Å². The van der Waals surface area contributed by atoms with Crippen molar-refractivity contribution in [3.8, 4) is 0 Å². The molecule has 1 amide bonds. The zero-order valence-corrected chi connectivity index (χ0v) is 12.4. The fraction of sp³-hybridized carbons (Fsp3) is 0.429. The van der Waals surface area contributed by atoms with E-state index in [0.717, 1.165) is 4.88 Å². The van der Waals surface area contributed by atoms with Crippen molar-refractivity contribution in [1.29, 1.82) is 5.41 Å².